The zero-order chi connectivity index (χ0) is 19.6. The highest BCUT2D eigenvalue weighted by Gasteiger charge is 2.32. The van der Waals surface area contributed by atoms with Gasteiger partial charge in [-0.3, -0.25) is 4.98 Å². The van der Waals surface area contributed by atoms with Crippen LogP contribution >= 0.6 is 11.6 Å². The first-order valence-corrected chi connectivity index (χ1v) is 9.14. The Hall–Kier alpha value is -2.19. The molecule has 0 aromatic carbocycles. The molecule has 0 spiro atoms. The fraction of sp³-hybridized carbons (Fsp3) is 0.556. The first-order chi connectivity index (χ1) is 12.7. The minimum atomic E-state index is -0.546. The molecule has 0 saturated carbocycles. The van der Waals surface area contributed by atoms with E-state index in [0.29, 0.717) is 30.7 Å². The Morgan fingerprint density at radius 2 is 2.11 bits per heavy atom. The average Bonchev–Trinajstić information content (AvgIpc) is 2.60. The van der Waals surface area contributed by atoms with Gasteiger partial charge in [-0.15, -0.1) is 0 Å². The second kappa shape index (κ2) is 7.82. The average molecular weight is 395 g/mol. The third kappa shape index (κ3) is 4.95. The molecule has 1 unspecified atom stereocenters. The number of carbonyl (C=O) groups excluding carboxylic acids is 1. The van der Waals surface area contributed by atoms with Crippen LogP contribution in [0.4, 0.5) is 4.79 Å². The number of pyridine rings is 1. The first-order valence-electron chi connectivity index (χ1n) is 8.76. The van der Waals surface area contributed by atoms with Crippen molar-refractivity contribution in [1.82, 2.24) is 19.9 Å². The summed E-state index contributed by atoms with van der Waals surface area (Å²) < 4.78 is 17.2. The molecule has 27 heavy (non-hydrogen) atoms. The number of rotatable bonds is 3. The summed E-state index contributed by atoms with van der Waals surface area (Å²) in [4.78, 5) is 26.7. The molecule has 1 aliphatic rings. The molecule has 0 aliphatic carbocycles. The minimum absolute atomic E-state index is 0.269. The predicted octanol–water partition coefficient (Wildman–Crippen LogP) is 3.08. The van der Waals surface area contributed by atoms with Crippen molar-refractivity contribution in [3.8, 4) is 5.88 Å². The molecule has 2 aromatic rings. The maximum Gasteiger partial charge on any atom is 0.410 e. The summed E-state index contributed by atoms with van der Waals surface area (Å²) in [5.41, 5.74) is 0.572. The standard InChI is InChI=1S/C18H23ClN4O4/c1-11(13-10-23(7-8-25-13)17(24)27-18(2,3)4)26-16-15-12(9-14(19)22-16)20-5-6-21-15/h5-6,9,11,13H,7-8,10H2,1-4H3/t11-,13?/m0/s1. The summed E-state index contributed by atoms with van der Waals surface area (Å²) in [7, 11) is 0. The molecule has 0 N–H and O–H groups in total. The molecule has 1 amide bonds. The van der Waals surface area contributed by atoms with Crippen LogP contribution in [0, 0.1) is 0 Å². The predicted molar refractivity (Wildman–Crippen MR) is 100.0 cm³/mol. The van der Waals surface area contributed by atoms with E-state index in [9.17, 15) is 4.79 Å². The van der Waals surface area contributed by atoms with Crippen LogP contribution in [0.3, 0.4) is 0 Å². The SMILES string of the molecule is C[C@H](Oc1nc(Cl)cc2nccnc12)C1CN(C(=O)OC(C)(C)C)CCO1. The van der Waals surface area contributed by atoms with E-state index in [1.54, 1.807) is 23.4 Å². The van der Waals surface area contributed by atoms with Gasteiger partial charge in [-0.2, -0.15) is 4.98 Å². The molecule has 3 rings (SSSR count). The van der Waals surface area contributed by atoms with Crippen LogP contribution in [-0.4, -0.2) is 63.5 Å². The van der Waals surface area contributed by atoms with Gasteiger partial charge in [0.05, 0.1) is 18.7 Å². The van der Waals surface area contributed by atoms with Gasteiger partial charge < -0.3 is 19.1 Å². The summed E-state index contributed by atoms with van der Waals surface area (Å²) in [5, 5.41) is 0.269. The van der Waals surface area contributed by atoms with Gasteiger partial charge in [0.15, 0.2) is 5.52 Å². The molecular formula is C18H23ClN4O4. The summed E-state index contributed by atoms with van der Waals surface area (Å²) in [6, 6.07) is 1.63. The summed E-state index contributed by atoms with van der Waals surface area (Å²) in [6.45, 7) is 8.61. The molecule has 2 aromatic heterocycles. The zero-order valence-corrected chi connectivity index (χ0v) is 16.6. The largest absolute Gasteiger partial charge is 0.470 e. The highest BCUT2D eigenvalue weighted by Crippen LogP contribution is 2.25. The second-order valence-electron chi connectivity index (χ2n) is 7.33. The maximum absolute atomic E-state index is 12.3. The lowest BCUT2D eigenvalue weighted by atomic mass is 10.2. The van der Waals surface area contributed by atoms with E-state index >= 15 is 0 Å². The number of hydrogen-bond acceptors (Lipinski definition) is 7. The number of nitrogens with zero attached hydrogens (tertiary/aromatic N) is 4. The van der Waals surface area contributed by atoms with Gasteiger partial charge in [0.2, 0.25) is 5.88 Å². The molecule has 0 bridgehead atoms. The second-order valence-corrected chi connectivity index (χ2v) is 7.72. The van der Waals surface area contributed by atoms with E-state index in [1.807, 2.05) is 27.7 Å². The zero-order valence-electron chi connectivity index (χ0n) is 15.8. The lowest BCUT2D eigenvalue weighted by molar-refractivity contribution is -0.0782. The quantitative estimate of drug-likeness (QED) is 0.739. The highest BCUT2D eigenvalue weighted by atomic mass is 35.5. The monoisotopic (exact) mass is 394 g/mol. The lowest BCUT2D eigenvalue weighted by Crippen LogP contribution is -2.51. The van der Waals surface area contributed by atoms with Crippen molar-refractivity contribution < 1.29 is 19.0 Å². The van der Waals surface area contributed by atoms with Crippen LogP contribution < -0.4 is 4.74 Å². The molecule has 2 atom stereocenters. The number of hydrogen-bond donors (Lipinski definition) is 0. The molecule has 1 aliphatic heterocycles. The van der Waals surface area contributed by atoms with Gasteiger partial charge in [-0.05, 0) is 27.7 Å². The first kappa shape index (κ1) is 19.6. The number of carbonyl (C=O) groups is 1. The van der Waals surface area contributed by atoms with Gasteiger partial charge in [-0.1, -0.05) is 11.6 Å². The summed E-state index contributed by atoms with van der Waals surface area (Å²) in [6.07, 6.45) is 2.07. The van der Waals surface area contributed by atoms with Gasteiger partial charge >= 0.3 is 6.09 Å². The molecule has 1 saturated heterocycles. The third-order valence-electron chi connectivity index (χ3n) is 3.96. The van der Waals surface area contributed by atoms with Gasteiger partial charge in [0.25, 0.3) is 0 Å². The third-order valence-corrected chi connectivity index (χ3v) is 4.15. The van der Waals surface area contributed by atoms with Gasteiger partial charge in [0.1, 0.15) is 23.0 Å². The van der Waals surface area contributed by atoms with Crippen molar-refractivity contribution in [2.75, 3.05) is 19.7 Å². The maximum atomic E-state index is 12.3. The van der Waals surface area contributed by atoms with E-state index in [0.717, 1.165) is 0 Å². The number of amides is 1. The lowest BCUT2D eigenvalue weighted by Gasteiger charge is -2.36. The molecule has 3 heterocycles. The number of halogens is 1. The highest BCUT2D eigenvalue weighted by molar-refractivity contribution is 6.30. The topological polar surface area (TPSA) is 86.7 Å². The minimum Gasteiger partial charge on any atom is -0.470 e. The van der Waals surface area contributed by atoms with Crippen molar-refractivity contribution in [2.24, 2.45) is 0 Å². The van der Waals surface area contributed by atoms with E-state index in [1.165, 1.54) is 0 Å². The molecule has 8 nitrogen and oxygen atoms in total. The van der Waals surface area contributed by atoms with Crippen LogP contribution in [0.1, 0.15) is 27.7 Å². The van der Waals surface area contributed by atoms with Crippen LogP contribution in [0.25, 0.3) is 11.0 Å². The summed E-state index contributed by atoms with van der Waals surface area (Å²) in [5.74, 6) is 0.288. The molecule has 0 radical (unpaired) electrons. The Bertz CT molecular complexity index is 827. The van der Waals surface area contributed by atoms with Crippen LogP contribution in [-0.2, 0) is 9.47 Å². The van der Waals surface area contributed by atoms with Crippen molar-refractivity contribution in [1.29, 1.82) is 0 Å². The molecular weight excluding hydrogens is 372 g/mol. The fourth-order valence-corrected chi connectivity index (χ4v) is 2.88. The van der Waals surface area contributed by atoms with Gasteiger partial charge in [-0.25, -0.2) is 9.78 Å². The Morgan fingerprint density at radius 1 is 1.37 bits per heavy atom. The fourth-order valence-electron chi connectivity index (χ4n) is 2.70. The number of aromatic nitrogens is 3. The van der Waals surface area contributed by atoms with E-state index in [-0.39, 0.29) is 29.3 Å². The van der Waals surface area contributed by atoms with Crippen molar-refractivity contribution in [3.05, 3.63) is 23.6 Å². The van der Waals surface area contributed by atoms with Crippen LogP contribution in [0.15, 0.2) is 18.5 Å². The Kier molecular flexibility index (Phi) is 5.67. The Labute approximate surface area is 162 Å². The van der Waals surface area contributed by atoms with E-state index in [2.05, 4.69) is 15.0 Å². The van der Waals surface area contributed by atoms with Crippen LogP contribution in [0.5, 0.6) is 5.88 Å². The van der Waals surface area contributed by atoms with E-state index in [4.69, 9.17) is 25.8 Å². The number of fused-ring (bicyclic) bond motifs is 1. The Balaban J connectivity index is 1.71. The summed E-state index contributed by atoms with van der Waals surface area (Å²) >= 11 is 6.06. The molecule has 9 heteroatoms. The number of morpholine rings is 1. The van der Waals surface area contributed by atoms with Crippen molar-refractivity contribution in [2.45, 2.75) is 45.5 Å². The number of ether oxygens (including phenoxy) is 3. The Morgan fingerprint density at radius 3 is 2.85 bits per heavy atom. The van der Waals surface area contributed by atoms with E-state index < -0.39 is 5.60 Å². The smallest absolute Gasteiger partial charge is 0.410 e. The van der Waals surface area contributed by atoms with Crippen LogP contribution in [0.2, 0.25) is 5.15 Å². The van der Waals surface area contributed by atoms with Crippen molar-refractivity contribution in [3.63, 3.8) is 0 Å². The molecule has 146 valence electrons. The molecule has 1 fully saturated rings. The normalized spacial score (nSPS) is 19.0. The van der Waals surface area contributed by atoms with Gasteiger partial charge in [0, 0.05) is 25.0 Å². The van der Waals surface area contributed by atoms with Crippen molar-refractivity contribution >= 4 is 28.7 Å².